The van der Waals surface area contributed by atoms with Crippen molar-refractivity contribution in [1.29, 1.82) is 0 Å². The second-order valence-electron chi connectivity index (χ2n) is 3.61. The molecule has 5 heteroatoms. The van der Waals surface area contributed by atoms with E-state index in [1.54, 1.807) is 25.3 Å². The number of ether oxygens (including phenoxy) is 3. The van der Waals surface area contributed by atoms with Crippen LogP contribution in [0.1, 0.15) is 16.8 Å². The van der Waals surface area contributed by atoms with Crippen molar-refractivity contribution in [2.24, 2.45) is 0 Å². The van der Waals surface area contributed by atoms with Gasteiger partial charge in [0.25, 0.3) is 0 Å². The molecule has 0 unspecified atom stereocenters. The summed E-state index contributed by atoms with van der Waals surface area (Å²) in [4.78, 5) is 10.6. The van der Waals surface area contributed by atoms with Crippen molar-refractivity contribution in [3.8, 4) is 5.75 Å². The lowest BCUT2D eigenvalue weighted by atomic mass is 10.2. The molecule has 1 aromatic carbocycles. The van der Waals surface area contributed by atoms with Crippen LogP contribution in [0, 0.1) is 0 Å². The van der Waals surface area contributed by atoms with E-state index >= 15 is 0 Å². The zero-order chi connectivity index (χ0) is 13.2. The molecule has 0 saturated heterocycles. The number of aldehydes is 1. The Bertz CT molecular complexity index is 368. The Morgan fingerprint density at radius 1 is 1.22 bits per heavy atom. The van der Waals surface area contributed by atoms with Gasteiger partial charge in [0.1, 0.15) is 12.0 Å². The summed E-state index contributed by atoms with van der Waals surface area (Å²) in [6.45, 7) is 2.44. The number of carbonyl (C=O) groups excluding carboxylic acids is 1. The Balaban J connectivity index is 2.21. The molecular weight excluding hydrogens is 300 g/mol. The molecule has 100 valence electrons. The largest absolute Gasteiger partial charge is 0.492 e. The minimum Gasteiger partial charge on any atom is -0.492 e. The number of hydrogen-bond donors (Lipinski definition) is 0. The van der Waals surface area contributed by atoms with E-state index in [0.29, 0.717) is 32.0 Å². The molecule has 0 fully saturated rings. The molecule has 0 N–H and O–H groups in total. The average Bonchev–Trinajstić information content (AvgIpc) is 2.39. The van der Waals surface area contributed by atoms with Gasteiger partial charge in [0.2, 0.25) is 0 Å². The van der Waals surface area contributed by atoms with Crippen molar-refractivity contribution in [2.75, 3.05) is 33.5 Å². The summed E-state index contributed by atoms with van der Waals surface area (Å²) in [6, 6.07) is 5.24. The topological polar surface area (TPSA) is 44.8 Å². The Hall–Kier alpha value is -0.910. The number of halogens is 1. The molecule has 0 aliphatic rings. The number of rotatable bonds is 9. The standard InChI is InChI=1S/C13H17BrO4/c1-16-7-8-17-5-2-6-18-13-4-3-11(10-15)9-12(13)14/h3-4,9-10H,2,5-8H2,1H3. The van der Waals surface area contributed by atoms with Gasteiger partial charge < -0.3 is 14.2 Å². The first-order valence-corrected chi connectivity index (χ1v) is 6.51. The fourth-order valence-corrected chi connectivity index (χ4v) is 1.81. The van der Waals surface area contributed by atoms with E-state index in [1.807, 2.05) is 0 Å². The Labute approximate surface area is 115 Å². The van der Waals surface area contributed by atoms with E-state index in [2.05, 4.69) is 15.9 Å². The van der Waals surface area contributed by atoms with E-state index in [1.165, 1.54) is 0 Å². The van der Waals surface area contributed by atoms with Crippen LogP contribution in [0.25, 0.3) is 0 Å². The third kappa shape index (κ3) is 5.62. The molecule has 0 aliphatic heterocycles. The van der Waals surface area contributed by atoms with Crippen LogP contribution in [-0.4, -0.2) is 39.8 Å². The number of benzene rings is 1. The normalized spacial score (nSPS) is 10.3. The smallest absolute Gasteiger partial charge is 0.150 e. The average molecular weight is 317 g/mol. The first kappa shape index (κ1) is 15.1. The quantitative estimate of drug-likeness (QED) is 0.519. The highest BCUT2D eigenvalue weighted by atomic mass is 79.9. The van der Waals surface area contributed by atoms with Crippen molar-refractivity contribution < 1.29 is 19.0 Å². The van der Waals surface area contributed by atoms with Gasteiger partial charge in [0, 0.05) is 25.7 Å². The molecular formula is C13H17BrO4. The maximum Gasteiger partial charge on any atom is 0.150 e. The van der Waals surface area contributed by atoms with Crippen LogP contribution >= 0.6 is 15.9 Å². The second-order valence-corrected chi connectivity index (χ2v) is 4.47. The highest BCUT2D eigenvalue weighted by Crippen LogP contribution is 2.25. The second kappa shape index (κ2) is 9.08. The minimum absolute atomic E-state index is 0.575. The van der Waals surface area contributed by atoms with Crippen LogP contribution in [0.4, 0.5) is 0 Å². The Morgan fingerprint density at radius 2 is 2.06 bits per heavy atom. The summed E-state index contributed by atoms with van der Waals surface area (Å²) in [6.07, 6.45) is 1.61. The van der Waals surface area contributed by atoms with Crippen LogP contribution in [0.2, 0.25) is 0 Å². The van der Waals surface area contributed by atoms with E-state index in [4.69, 9.17) is 14.2 Å². The molecule has 4 nitrogen and oxygen atoms in total. The van der Waals surface area contributed by atoms with Crippen molar-refractivity contribution in [3.05, 3.63) is 28.2 Å². The van der Waals surface area contributed by atoms with Crippen molar-refractivity contribution in [2.45, 2.75) is 6.42 Å². The predicted octanol–water partition coefficient (Wildman–Crippen LogP) is 2.69. The monoisotopic (exact) mass is 316 g/mol. The molecule has 18 heavy (non-hydrogen) atoms. The Kier molecular flexibility index (Phi) is 7.64. The minimum atomic E-state index is 0.575. The third-order valence-electron chi connectivity index (χ3n) is 2.21. The summed E-state index contributed by atoms with van der Waals surface area (Å²) < 4.78 is 16.5. The highest BCUT2D eigenvalue weighted by Gasteiger charge is 2.02. The Morgan fingerprint density at radius 3 is 2.72 bits per heavy atom. The lowest BCUT2D eigenvalue weighted by molar-refractivity contribution is 0.0644. The molecule has 0 bridgehead atoms. The summed E-state index contributed by atoms with van der Waals surface area (Å²) in [5, 5.41) is 0. The van der Waals surface area contributed by atoms with Gasteiger partial charge in [-0.25, -0.2) is 0 Å². The van der Waals surface area contributed by atoms with Gasteiger partial charge >= 0.3 is 0 Å². The van der Waals surface area contributed by atoms with Crippen LogP contribution in [0.5, 0.6) is 5.75 Å². The number of hydrogen-bond acceptors (Lipinski definition) is 4. The number of methoxy groups -OCH3 is 1. The zero-order valence-corrected chi connectivity index (χ0v) is 11.9. The van der Waals surface area contributed by atoms with E-state index < -0.39 is 0 Å². The lowest BCUT2D eigenvalue weighted by Gasteiger charge is -2.08. The van der Waals surface area contributed by atoms with Gasteiger partial charge in [-0.05, 0) is 34.1 Å². The van der Waals surface area contributed by atoms with Gasteiger partial charge in [-0.3, -0.25) is 4.79 Å². The summed E-state index contributed by atoms with van der Waals surface area (Å²) in [5.74, 6) is 0.734. The molecule has 0 heterocycles. The molecule has 0 atom stereocenters. The van der Waals surface area contributed by atoms with Gasteiger partial charge in [0.15, 0.2) is 0 Å². The van der Waals surface area contributed by atoms with Gasteiger partial charge in [-0.15, -0.1) is 0 Å². The van der Waals surface area contributed by atoms with E-state index in [0.717, 1.165) is 22.9 Å². The molecule has 0 amide bonds. The summed E-state index contributed by atoms with van der Waals surface area (Å²) in [7, 11) is 1.65. The van der Waals surface area contributed by atoms with Crippen LogP contribution in [0.15, 0.2) is 22.7 Å². The van der Waals surface area contributed by atoms with Crippen LogP contribution in [0.3, 0.4) is 0 Å². The number of carbonyl (C=O) groups is 1. The van der Waals surface area contributed by atoms with E-state index in [9.17, 15) is 4.79 Å². The molecule has 1 rings (SSSR count). The first-order chi connectivity index (χ1) is 8.77. The fourth-order valence-electron chi connectivity index (χ4n) is 1.29. The fraction of sp³-hybridized carbons (Fsp3) is 0.462. The molecule has 1 aromatic rings. The molecule has 0 spiro atoms. The maximum absolute atomic E-state index is 10.6. The summed E-state index contributed by atoms with van der Waals surface area (Å²) >= 11 is 3.36. The predicted molar refractivity (Wildman–Crippen MR) is 72.3 cm³/mol. The maximum atomic E-state index is 10.6. The lowest BCUT2D eigenvalue weighted by Crippen LogP contribution is -2.07. The van der Waals surface area contributed by atoms with Crippen LogP contribution in [-0.2, 0) is 9.47 Å². The summed E-state index contributed by atoms with van der Waals surface area (Å²) in [5.41, 5.74) is 0.622. The van der Waals surface area contributed by atoms with E-state index in [-0.39, 0.29) is 0 Å². The third-order valence-corrected chi connectivity index (χ3v) is 2.83. The zero-order valence-electron chi connectivity index (χ0n) is 10.4. The van der Waals surface area contributed by atoms with Gasteiger partial charge in [-0.1, -0.05) is 0 Å². The first-order valence-electron chi connectivity index (χ1n) is 5.72. The van der Waals surface area contributed by atoms with Crippen molar-refractivity contribution >= 4 is 22.2 Å². The highest BCUT2D eigenvalue weighted by molar-refractivity contribution is 9.10. The SMILES string of the molecule is COCCOCCCOc1ccc(C=O)cc1Br. The van der Waals surface area contributed by atoms with Crippen molar-refractivity contribution in [1.82, 2.24) is 0 Å². The molecule has 0 aromatic heterocycles. The molecule has 0 saturated carbocycles. The molecule has 0 radical (unpaired) electrons. The van der Waals surface area contributed by atoms with Gasteiger partial charge in [0.05, 0.1) is 24.3 Å². The molecule has 0 aliphatic carbocycles. The van der Waals surface area contributed by atoms with Gasteiger partial charge in [-0.2, -0.15) is 0 Å². The van der Waals surface area contributed by atoms with Crippen molar-refractivity contribution in [3.63, 3.8) is 0 Å². The van der Waals surface area contributed by atoms with Crippen LogP contribution < -0.4 is 4.74 Å².